The number of benzene rings is 2. The van der Waals surface area contributed by atoms with Gasteiger partial charge in [-0.25, -0.2) is 0 Å². The summed E-state index contributed by atoms with van der Waals surface area (Å²) in [5, 5.41) is 23.0. The Balaban J connectivity index is 1.44. The molecular weight excluding hydrogens is 354 g/mol. The molecule has 0 saturated heterocycles. The van der Waals surface area contributed by atoms with Crippen molar-refractivity contribution in [2.75, 3.05) is 12.4 Å². The van der Waals surface area contributed by atoms with Crippen LogP contribution in [0.15, 0.2) is 52.9 Å². The quantitative estimate of drug-likeness (QED) is 0.705. The number of methoxy groups -OCH3 is 1. The molecule has 0 radical (unpaired) electrons. The van der Waals surface area contributed by atoms with Crippen LogP contribution in [0.1, 0.15) is 17.2 Å². The summed E-state index contributed by atoms with van der Waals surface area (Å²) < 4.78 is 6.07. The van der Waals surface area contributed by atoms with Crippen molar-refractivity contribution in [2.45, 2.75) is 22.1 Å². The molecule has 1 heterocycles. The van der Waals surface area contributed by atoms with Gasteiger partial charge in [0.05, 0.1) is 13.2 Å². The first-order valence-electron chi connectivity index (χ1n) is 7.90. The lowest BCUT2D eigenvalue weighted by atomic mass is 10.1. The smallest absolute Gasteiger partial charge is 0.210 e. The predicted molar refractivity (Wildman–Crippen MR) is 101 cm³/mol. The largest absolute Gasteiger partial charge is 0.497 e. The normalized spacial score (nSPS) is 18.8. The summed E-state index contributed by atoms with van der Waals surface area (Å²) >= 11 is 3.07. The molecule has 0 spiro atoms. The van der Waals surface area contributed by atoms with Crippen LogP contribution in [0.4, 0.5) is 10.8 Å². The minimum atomic E-state index is -0.458. The first-order chi connectivity index (χ1) is 12.2. The number of rotatable bonds is 5. The molecule has 0 fully saturated rings. The van der Waals surface area contributed by atoms with E-state index >= 15 is 0 Å². The highest BCUT2D eigenvalue weighted by Gasteiger charge is 2.32. The van der Waals surface area contributed by atoms with Gasteiger partial charge in [0.25, 0.3) is 0 Å². The van der Waals surface area contributed by atoms with Crippen LogP contribution in [0.2, 0.25) is 0 Å². The Morgan fingerprint density at radius 3 is 2.92 bits per heavy atom. The maximum absolute atomic E-state index is 10.5. The van der Waals surface area contributed by atoms with Crippen LogP contribution in [0.25, 0.3) is 0 Å². The van der Waals surface area contributed by atoms with Crippen LogP contribution in [-0.2, 0) is 6.42 Å². The van der Waals surface area contributed by atoms with Crippen LogP contribution in [0.5, 0.6) is 5.75 Å². The zero-order valence-electron chi connectivity index (χ0n) is 13.5. The second-order valence-electron chi connectivity index (χ2n) is 5.73. The van der Waals surface area contributed by atoms with Gasteiger partial charge in [0.15, 0.2) is 4.34 Å². The van der Waals surface area contributed by atoms with E-state index in [9.17, 15) is 5.11 Å². The van der Waals surface area contributed by atoms with Crippen molar-refractivity contribution in [1.82, 2.24) is 10.2 Å². The van der Waals surface area contributed by atoms with Crippen molar-refractivity contribution in [2.24, 2.45) is 0 Å². The molecule has 5 nitrogen and oxygen atoms in total. The Morgan fingerprint density at radius 1 is 1.20 bits per heavy atom. The van der Waals surface area contributed by atoms with Crippen LogP contribution in [0.3, 0.4) is 0 Å². The summed E-state index contributed by atoms with van der Waals surface area (Å²) in [6, 6.07) is 15.7. The molecule has 2 N–H and O–H groups in total. The molecule has 0 saturated carbocycles. The van der Waals surface area contributed by atoms with Gasteiger partial charge in [-0.2, -0.15) is 0 Å². The Bertz CT molecular complexity index is 884. The average Bonchev–Trinajstić information content (AvgIpc) is 3.20. The van der Waals surface area contributed by atoms with Crippen LogP contribution in [0, 0.1) is 0 Å². The molecule has 3 aromatic rings. The second kappa shape index (κ2) is 7.03. The molecule has 128 valence electrons. The minimum absolute atomic E-state index is 0.0787. The predicted octanol–water partition coefficient (Wildman–Crippen LogP) is 4.04. The molecule has 2 aromatic carbocycles. The highest BCUT2D eigenvalue weighted by Crippen LogP contribution is 2.42. The number of thioether (sulfide) groups is 1. The van der Waals surface area contributed by atoms with Crippen molar-refractivity contribution >= 4 is 33.9 Å². The van der Waals surface area contributed by atoms with Gasteiger partial charge in [-0.3, -0.25) is 0 Å². The zero-order chi connectivity index (χ0) is 17.2. The van der Waals surface area contributed by atoms with E-state index < -0.39 is 6.10 Å². The Labute approximate surface area is 154 Å². The number of hydrogen-bond donors (Lipinski definition) is 2. The molecular formula is C18H17N3O2S2. The third-order valence-electron chi connectivity index (χ3n) is 4.13. The second-order valence-corrected chi connectivity index (χ2v) is 8.20. The van der Waals surface area contributed by atoms with E-state index in [2.05, 4.69) is 21.6 Å². The maximum atomic E-state index is 10.5. The van der Waals surface area contributed by atoms with Gasteiger partial charge in [-0.15, -0.1) is 10.2 Å². The van der Waals surface area contributed by atoms with Crippen molar-refractivity contribution in [3.63, 3.8) is 0 Å². The number of anilines is 2. The molecule has 0 amide bonds. The first kappa shape index (κ1) is 16.4. The number of aliphatic hydroxyl groups excluding tert-OH is 1. The molecule has 1 aromatic heterocycles. The van der Waals surface area contributed by atoms with E-state index in [-0.39, 0.29) is 5.25 Å². The summed E-state index contributed by atoms with van der Waals surface area (Å²) in [5.41, 5.74) is 3.14. The van der Waals surface area contributed by atoms with Gasteiger partial charge in [-0.1, -0.05) is 53.4 Å². The van der Waals surface area contributed by atoms with E-state index in [4.69, 9.17) is 4.74 Å². The Morgan fingerprint density at radius 2 is 2.08 bits per heavy atom. The lowest BCUT2D eigenvalue weighted by molar-refractivity contribution is 0.185. The van der Waals surface area contributed by atoms with E-state index in [1.807, 2.05) is 42.5 Å². The van der Waals surface area contributed by atoms with Gasteiger partial charge >= 0.3 is 0 Å². The standard InChI is InChI=1S/C18H17N3O2S2/c1-23-13-7-4-6-12(10-13)19-17-20-21-18(25-17)24-15-9-11-5-2-3-8-14(11)16(15)22/h2-8,10,15-16,22H,9H2,1H3,(H,19,20)/t15-,16+/m1/s1. The zero-order valence-corrected chi connectivity index (χ0v) is 15.2. The SMILES string of the molecule is COc1cccc(Nc2nnc(S[C@@H]3Cc4ccccc4[C@@H]3O)s2)c1. The Hall–Kier alpha value is -2.09. The summed E-state index contributed by atoms with van der Waals surface area (Å²) in [6.45, 7) is 0. The highest BCUT2D eigenvalue weighted by atomic mass is 32.2. The molecule has 1 aliphatic carbocycles. The minimum Gasteiger partial charge on any atom is -0.497 e. The molecule has 0 bridgehead atoms. The van der Waals surface area contributed by atoms with Crippen molar-refractivity contribution in [3.8, 4) is 5.75 Å². The average molecular weight is 371 g/mol. The number of hydrogen-bond acceptors (Lipinski definition) is 7. The summed E-state index contributed by atoms with van der Waals surface area (Å²) in [5.74, 6) is 0.788. The third kappa shape index (κ3) is 3.49. The van der Waals surface area contributed by atoms with E-state index in [0.717, 1.165) is 32.9 Å². The van der Waals surface area contributed by atoms with Crippen molar-refractivity contribution in [3.05, 3.63) is 59.7 Å². The molecule has 7 heteroatoms. The summed E-state index contributed by atoms with van der Waals surface area (Å²) in [4.78, 5) is 0. The van der Waals surface area contributed by atoms with Crippen molar-refractivity contribution in [1.29, 1.82) is 0 Å². The van der Waals surface area contributed by atoms with Crippen molar-refractivity contribution < 1.29 is 9.84 Å². The highest BCUT2D eigenvalue weighted by molar-refractivity contribution is 8.01. The Kier molecular flexibility index (Phi) is 4.61. The molecule has 1 aliphatic rings. The van der Waals surface area contributed by atoms with Gasteiger partial charge in [-0.05, 0) is 29.7 Å². The lowest BCUT2D eigenvalue weighted by Gasteiger charge is -2.12. The maximum Gasteiger partial charge on any atom is 0.210 e. The first-order valence-corrected chi connectivity index (χ1v) is 9.59. The number of nitrogens with one attached hydrogen (secondary N) is 1. The fourth-order valence-corrected chi connectivity index (χ4v) is 5.09. The summed E-state index contributed by atoms with van der Waals surface area (Å²) in [7, 11) is 1.64. The molecule has 0 unspecified atom stereocenters. The van der Waals surface area contributed by atoms with Crippen LogP contribution >= 0.6 is 23.1 Å². The monoisotopic (exact) mass is 371 g/mol. The lowest BCUT2D eigenvalue weighted by Crippen LogP contribution is -2.08. The van der Waals surface area contributed by atoms with E-state index in [0.29, 0.717) is 0 Å². The van der Waals surface area contributed by atoms with Gasteiger partial charge < -0.3 is 15.2 Å². The van der Waals surface area contributed by atoms with Gasteiger partial charge in [0, 0.05) is 17.0 Å². The van der Waals surface area contributed by atoms with E-state index in [1.165, 1.54) is 16.9 Å². The van der Waals surface area contributed by atoms with Gasteiger partial charge in [0.2, 0.25) is 5.13 Å². The number of nitrogens with zero attached hydrogens (tertiary/aromatic N) is 2. The number of ether oxygens (including phenoxy) is 1. The number of fused-ring (bicyclic) bond motifs is 1. The topological polar surface area (TPSA) is 67.3 Å². The number of aromatic nitrogens is 2. The van der Waals surface area contributed by atoms with E-state index in [1.54, 1.807) is 18.9 Å². The number of aliphatic hydroxyl groups is 1. The molecule has 25 heavy (non-hydrogen) atoms. The van der Waals surface area contributed by atoms with Crippen LogP contribution in [-0.4, -0.2) is 27.7 Å². The third-order valence-corrected chi connectivity index (χ3v) is 6.31. The van der Waals surface area contributed by atoms with Gasteiger partial charge in [0.1, 0.15) is 5.75 Å². The van der Waals surface area contributed by atoms with Crippen LogP contribution < -0.4 is 10.1 Å². The molecule has 2 atom stereocenters. The molecule has 0 aliphatic heterocycles. The fourth-order valence-electron chi connectivity index (χ4n) is 2.91. The fraction of sp³-hybridized carbons (Fsp3) is 0.222. The summed E-state index contributed by atoms with van der Waals surface area (Å²) in [6.07, 6.45) is 0.389. The molecule has 4 rings (SSSR count).